The quantitative estimate of drug-likeness (QED) is 0.523. The summed E-state index contributed by atoms with van der Waals surface area (Å²) in [6, 6.07) is 18.0. The Hall–Kier alpha value is -4.00. The van der Waals surface area contributed by atoms with Crippen LogP contribution in [0.3, 0.4) is 0 Å². The Bertz CT molecular complexity index is 1300. The summed E-state index contributed by atoms with van der Waals surface area (Å²) < 4.78 is 7.08. The number of benzene rings is 2. The van der Waals surface area contributed by atoms with Crippen LogP contribution in [-0.2, 0) is 13.6 Å². The lowest BCUT2D eigenvalue weighted by Crippen LogP contribution is -2.23. The van der Waals surface area contributed by atoms with Gasteiger partial charge in [-0.2, -0.15) is 0 Å². The Labute approximate surface area is 179 Å². The van der Waals surface area contributed by atoms with Gasteiger partial charge in [-0.15, -0.1) is 0 Å². The van der Waals surface area contributed by atoms with Crippen molar-refractivity contribution in [3.8, 4) is 17.0 Å². The first-order valence-electron chi connectivity index (χ1n) is 9.99. The molecule has 0 aliphatic rings. The van der Waals surface area contributed by atoms with Gasteiger partial charge in [0.1, 0.15) is 17.0 Å². The van der Waals surface area contributed by atoms with Crippen LogP contribution in [0.15, 0.2) is 71.7 Å². The van der Waals surface area contributed by atoms with Gasteiger partial charge in [0.2, 0.25) is 0 Å². The van der Waals surface area contributed by atoms with Crippen LogP contribution in [0.4, 0.5) is 0 Å². The van der Waals surface area contributed by atoms with E-state index < -0.39 is 0 Å². The molecule has 0 fully saturated rings. The van der Waals surface area contributed by atoms with Crippen LogP contribution in [0.2, 0.25) is 0 Å². The van der Waals surface area contributed by atoms with Gasteiger partial charge in [0, 0.05) is 36.5 Å². The van der Waals surface area contributed by atoms with E-state index in [1.165, 1.54) is 4.57 Å². The first-order chi connectivity index (χ1) is 15.1. The molecule has 0 radical (unpaired) electrons. The van der Waals surface area contributed by atoms with Crippen molar-refractivity contribution >= 4 is 17.1 Å². The molecule has 2 aromatic heterocycles. The molecule has 0 aliphatic heterocycles. The van der Waals surface area contributed by atoms with Crippen LogP contribution in [-0.4, -0.2) is 27.0 Å². The lowest BCUT2D eigenvalue weighted by Gasteiger charge is -2.11. The van der Waals surface area contributed by atoms with Crippen molar-refractivity contribution in [1.29, 1.82) is 0 Å². The molecule has 7 heteroatoms. The van der Waals surface area contributed by atoms with E-state index in [0.29, 0.717) is 41.1 Å². The monoisotopic (exact) mass is 414 g/mol. The maximum absolute atomic E-state index is 12.7. The van der Waals surface area contributed by atoms with Gasteiger partial charge < -0.3 is 10.1 Å². The number of rotatable bonds is 6. The van der Waals surface area contributed by atoms with Gasteiger partial charge in [0.05, 0.1) is 6.61 Å². The number of fused-ring (bicyclic) bond motifs is 1. The summed E-state index contributed by atoms with van der Waals surface area (Å²) in [5, 5.41) is 2.91. The van der Waals surface area contributed by atoms with Crippen LogP contribution in [0.25, 0.3) is 22.4 Å². The van der Waals surface area contributed by atoms with Gasteiger partial charge in [-0.05, 0) is 37.3 Å². The minimum atomic E-state index is -0.240. The average Bonchev–Trinajstić information content (AvgIpc) is 2.81. The summed E-state index contributed by atoms with van der Waals surface area (Å²) >= 11 is 0. The molecule has 0 aliphatic carbocycles. The molecule has 2 aromatic carbocycles. The number of hydrogen-bond acceptors (Lipinski definition) is 5. The molecule has 0 bridgehead atoms. The predicted molar refractivity (Wildman–Crippen MR) is 119 cm³/mol. The number of para-hydroxylation sites is 1. The van der Waals surface area contributed by atoms with E-state index in [4.69, 9.17) is 4.74 Å². The highest BCUT2D eigenvalue weighted by Crippen LogP contribution is 2.19. The minimum Gasteiger partial charge on any atom is -0.494 e. The summed E-state index contributed by atoms with van der Waals surface area (Å²) in [4.78, 5) is 34.0. The Balaban J connectivity index is 1.54. The van der Waals surface area contributed by atoms with Gasteiger partial charge in [-0.1, -0.05) is 30.3 Å². The van der Waals surface area contributed by atoms with Gasteiger partial charge in [0.15, 0.2) is 5.65 Å². The van der Waals surface area contributed by atoms with E-state index in [1.54, 1.807) is 43.6 Å². The number of hydrogen-bond donors (Lipinski definition) is 1. The largest absolute Gasteiger partial charge is 0.494 e. The van der Waals surface area contributed by atoms with Crippen molar-refractivity contribution in [2.45, 2.75) is 13.5 Å². The number of carbonyl (C=O) groups excluding carboxylic acids is 1. The number of aromatic nitrogens is 3. The van der Waals surface area contributed by atoms with E-state index in [0.717, 1.165) is 11.3 Å². The molecule has 4 rings (SSSR count). The van der Waals surface area contributed by atoms with Crippen LogP contribution >= 0.6 is 0 Å². The third-order valence-corrected chi connectivity index (χ3v) is 4.96. The number of nitrogens with zero attached hydrogens (tertiary/aromatic N) is 3. The Morgan fingerprint density at radius 3 is 2.61 bits per heavy atom. The van der Waals surface area contributed by atoms with Crippen LogP contribution < -0.4 is 15.6 Å². The van der Waals surface area contributed by atoms with Crippen LogP contribution in [0, 0.1) is 0 Å². The molecule has 4 aromatic rings. The first kappa shape index (κ1) is 20.3. The Morgan fingerprint density at radius 1 is 1.06 bits per heavy atom. The average molecular weight is 414 g/mol. The highest BCUT2D eigenvalue weighted by Gasteiger charge is 2.13. The molecule has 0 unspecified atom stereocenters. The fourth-order valence-corrected chi connectivity index (χ4v) is 3.35. The molecule has 31 heavy (non-hydrogen) atoms. The topological polar surface area (TPSA) is 86.1 Å². The zero-order valence-corrected chi connectivity index (χ0v) is 17.3. The summed E-state index contributed by atoms with van der Waals surface area (Å²) in [5.74, 6) is 0.551. The molecule has 7 nitrogen and oxygen atoms in total. The van der Waals surface area contributed by atoms with Crippen molar-refractivity contribution in [2.75, 3.05) is 6.61 Å². The maximum atomic E-state index is 12.7. The summed E-state index contributed by atoms with van der Waals surface area (Å²) in [6.07, 6.45) is 1.63. The summed E-state index contributed by atoms with van der Waals surface area (Å²) in [7, 11) is 1.67. The zero-order valence-electron chi connectivity index (χ0n) is 17.3. The number of pyridine rings is 1. The lowest BCUT2D eigenvalue weighted by molar-refractivity contribution is 0.0950. The second kappa shape index (κ2) is 8.79. The number of amides is 1. The van der Waals surface area contributed by atoms with Gasteiger partial charge in [0.25, 0.3) is 11.5 Å². The second-order valence-corrected chi connectivity index (χ2v) is 6.97. The SMILES string of the molecule is CCOc1ccccc1CNC(=O)c1ccc(-c2nc3cccnc3n(C)c2=O)cc1. The number of nitrogens with one attached hydrogen (secondary N) is 1. The molecule has 0 spiro atoms. The number of aryl methyl sites for hydroxylation is 1. The molecule has 1 N–H and O–H groups in total. The van der Waals surface area contributed by atoms with Gasteiger partial charge in [-0.25, -0.2) is 9.97 Å². The molecule has 0 atom stereocenters. The lowest BCUT2D eigenvalue weighted by atomic mass is 10.1. The van der Waals surface area contributed by atoms with Crippen molar-refractivity contribution in [1.82, 2.24) is 19.9 Å². The van der Waals surface area contributed by atoms with E-state index >= 15 is 0 Å². The molecular formula is C24H22N4O3. The minimum absolute atomic E-state index is 0.207. The standard InChI is InChI=1S/C24H22N4O3/c1-3-31-20-9-5-4-7-18(20)15-26-23(29)17-12-10-16(11-13-17)21-24(30)28(2)22-19(27-21)8-6-14-25-22/h4-14H,3,15H2,1-2H3,(H,26,29). The first-order valence-corrected chi connectivity index (χ1v) is 9.99. The van der Waals surface area contributed by atoms with Crippen molar-refractivity contribution in [2.24, 2.45) is 7.05 Å². The Kier molecular flexibility index (Phi) is 5.75. The predicted octanol–water partition coefficient (Wildman–Crippen LogP) is 3.32. The van der Waals surface area contributed by atoms with Crippen molar-refractivity contribution in [3.05, 3.63) is 88.3 Å². The van der Waals surface area contributed by atoms with Crippen molar-refractivity contribution < 1.29 is 9.53 Å². The fraction of sp³-hybridized carbons (Fsp3) is 0.167. The highest BCUT2D eigenvalue weighted by molar-refractivity contribution is 5.94. The van der Waals surface area contributed by atoms with Gasteiger partial charge >= 0.3 is 0 Å². The van der Waals surface area contributed by atoms with E-state index in [9.17, 15) is 9.59 Å². The van der Waals surface area contributed by atoms with Crippen molar-refractivity contribution in [3.63, 3.8) is 0 Å². The maximum Gasteiger partial charge on any atom is 0.278 e. The number of ether oxygens (including phenoxy) is 1. The molecule has 2 heterocycles. The van der Waals surface area contributed by atoms with E-state index in [-0.39, 0.29) is 11.5 Å². The molecule has 156 valence electrons. The molecular weight excluding hydrogens is 392 g/mol. The smallest absolute Gasteiger partial charge is 0.278 e. The Morgan fingerprint density at radius 2 is 1.84 bits per heavy atom. The highest BCUT2D eigenvalue weighted by atomic mass is 16.5. The zero-order chi connectivity index (χ0) is 21.8. The van der Waals surface area contributed by atoms with E-state index in [2.05, 4.69) is 15.3 Å². The molecule has 0 saturated carbocycles. The van der Waals surface area contributed by atoms with Crippen LogP contribution in [0.5, 0.6) is 5.75 Å². The van der Waals surface area contributed by atoms with E-state index in [1.807, 2.05) is 37.3 Å². The second-order valence-electron chi connectivity index (χ2n) is 6.97. The third-order valence-electron chi connectivity index (χ3n) is 4.96. The third kappa shape index (κ3) is 4.16. The van der Waals surface area contributed by atoms with Crippen LogP contribution in [0.1, 0.15) is 22.8 Å². The fourth-order valence-electron chi connectivity index (χ4n) is 3.35. The normalized spacial score (nSPS) is 10.8. The van der Waals surface area contributed by atoms with Gasteiger partial charge in [-0.3, -0.25) is 14.2 Å². The summed E-state index contributed by atoms with van der Waals surface area (Å²) in [6.45, 7) is 2.84. The number of carbonyl (C=O) groups is 1. The summed E-state index contributed by atoms with van der Waals surface area (Å²) in [5.41, 5.74) is 3.29. The molecule has 0 saturated heterocycles. The molecule has 1 amide bonds.